The summed E-state index contributed by atoms with van der Waals surface area (Å²) >= 11 is 0. The van der Waals surface area contributed by atoms with Gasteiger partial charge in [0.2, 0.25) is 0 Å². The molecule has 6 heteroatoms. The lowest BCUT2D eigenvalue weighted by Gasteiger charge is -1.98. The van der Waals surface area contributed by atoms with Crippen LogP contribution >= 0.6 is 0 Å². The predicted molar refractivity (Wildman–Crippen MR) is 45.1 cm³/mol. The highest BCUT2D eigenvalue weighted by Gasteiger charge is 2.20. The molecule has 2 rings (SSSR count). The van der Waals surface area contributed by atoms with E-state index in [1.807, 2.05) is 0 Å². The molecule has 1 aromatic heterocycles. The van der Waals surface area contributed by atoms with E-state index in [0.717, 1.165) is 6.20 Å². The highest BCUT2D eigenvalue weighted by Crippen LogP contribution is 2.25. The Kier molecular flexibility index (Phi) is 1.92. The van der Waals surface area contributed by atoms with Gasteiger partial charge in [-0.1, -0.05) is 0 Å². The fraction of sp³-hybridized carbons (Fsp3) is 0. The lowest BCUT2D eigenvalue weighted by molar-refractivity contribution is 0.0699. The summed E-state index contributed by atoms with van der Waals surface area (Å²) in [6, 6.07) is 0.317. The molecule has 3 nitrogen and oxygen atoms in total. The van der Waals surface area contributed by atoms with Crippen molar-refractivity contribution in [2.45, 2.75) is 0 Å². The Balaban J connectivity index is 2.93. The van der Waals surface area contributed by atoms with Crippen LogP contribution in [-0.4, -0.2) is 16.1 Å². The number of carboxylic acids is 1. The molecule has 0 saturated carbocycles. The number of benzene rings is 1. The first-order valence-corrected chi connectivity index (χ1v) is 3.90. The van der Waals surface area contributed by atoms with Gasteiger partial charge < -0.3 is 10.1 Å². The van der Waals surface area contributed by atoms with Crippen molar-refractivity contribution in [2.75, 3.05) is 0 Å². The second kappa shape index (κ2) is 3.01. The van der Waals surface area contributed by atoms with E-state index in [1.54, 1.807) is 0 Å². The Bertz CT molecular complexity index is 562. The summed E-state index contributed by atoms with van der Waals surface area (Å²) in [6.45, 7) is 0. The molecular weight excluding hydrogens is 211 g/mol. The van der Waals surface area contributed by atoms with E-state index in [1.165, 1.54) is 0 Å². The Labute approximate surface area is 81.1 Å². The summed E-state index contributed by atoms with van der Waals surface area (Å²) in [4.78, 5) is 12.8. The Hall–Kier alpha value is -1.98. The second-order valence-corrected chi connectivity index (χ2v) is 2.91. The van der Waals surface area contributed by atoms with Crippen LogP contribution in [-0.2, 0) is 0 Å². The highest BCUT2D eigenvalue weighted by molar-refractivity contribution is 6.03. The van der Waals surface area contributed by atoms with E-state index < -0.39 is 39.9 Å². The third kappa shape index (κ3) is 1.25. The Morgan fingerprint density at radius 3 is 2.53 bits per heavy atom. The second-order valence-electron chi connectivity index (χ2n) is 2.91. The maximum atomic E-state index is 13.2. The zero-order valence-corrected chi connectivity index (χ0v) is 7.14. The number of hydrogen-bond donors (Lipinski definition) is 2. The van der Waals surface area contributed by atoms with Gasteiger partial charge in [0.15, 0.2) is 11.6 Å². The monoisotopic (exact) mass is 215 g/mol. The molecule has 0 spiro atoms. The number of rotatable bonds is 1. The van der Waals surface area contributed by atoms with Crippen LogP contribution in [0.3, 0.4) is 0 Å². The first kappa shape index (κ1) is 9.57. The van der Waals surface area contributed by atoms with Crippen molar-refractivity contribution < 1.29 is 23.1 Å². The van der Waals surface area contributed by atoms with Crippen molar-refractivity contribution in [3.63, 3.8) is 0 Å². The summed E-state index contributed by atoms with van der Waals surface area (Å²) in [5, 5.41) is 8.20. The van der Waals surface area contributed by atoms with Gasteiger partial charge >= 0.3 is 5.97 Å². The van der Waals surface area contributed by atoms with Gasteiger partial charge in [0.05, 0.1) is 16.5 Å². The maximum Gasteiger partial charge on any atom is 0.337 e. The van der Waals surface area contributed by atoms with Gasteiger partial charge in [-0.15, -0.1) is 0 Å². The van der Waals surface area contributed by atoms with Crippen LogP contribution < -0.4 is 0 Å². The lowest BCUT2D eigenvalue weighted by Crippen LogP contribution is -1.96. The molecule has 0 aliphatic rings. The Morgan fingerprint density at radius 2 is 1.93 bits per heavy atom. The average Bonchev–Trinajstić information content (AvgIpc) is 2.58. The van der Waals surface area contributed by atoms with E-state index >= 15 is 0 Å². The van der Waals surface area contributed by atoms with Gasteiger partial charge in [0, 0.05) is 12.3 Å². The fourth-order valence-electron chi connectivity index (χ4n) is 1.38. The number of H-pyrrole nitrogens is 1. The SMILES string of the molecule is O=C(O)c1c[nH]c2c(F)c(F)cc(F)c12. The minimum Gasteiger partial charge on any atom is -0.478 e. The first-order chi connectivity index (χ1) is 7.02. The number of aromatic nitrogens is 1. The van der Waals surface area contributed by atoms with Crippen molar-refractivity contribution in [3.05, 3.63) is 35.3 Å². The quantitative estimate of drug-likeness (QED) is 0.717. The number of aromatic amines is 1. The van der Waals surface area contributed by atoms with Gasteiger partial charge in [0.1, 0.15) is 5.82 Å². The molecule has 0 fully saturated rings. The molecule has 0 aliphatic carbocycles. The van der Waals surface area contributed by atoms with Crippen molar-refractivity contribution in [1.29, 1.82) is 0 Å². The lowest BCUT2D eigenvalue weighted by atomic mass is 10.1. The Morgan fingerprint density at radius 1 is 1.27 bits per heavy atom. The smallest absolute Gasteiger partial charge is 0.337 e. The molecule has 78 valence electrons. The maximum absolute atomic E-state index is 13.2. The highest BCUT2D eigenvalue weighted by atomic mass is 19.2. The van der Waals surface area contributed by atoms with Crippen LogP contribution in [0, 0.1) is 17.5 Å². The number of halogens is 3. The van der Waals surface area contributed by atoms with E-state index in [-0.39, 0.29) is 0 Å². The van der Waals surface area contributed by atoms with Gasteiger partial charge in [-0.25, -0.2) is 18.0 Å². The van der Waals surface area contributed by atoms with Crippen molar-refractivity contribution >= 4 is 16.9 Å². The summed E-state index contributed by atoms with van der Waals surface area (Å²) < 4.78 is 39.0. The zero-order chi connectivity index (χ0) is 11.2. The van der Waals surface area contributed by atoms with E-state index in [0.29, 0.717) is 6.07 Å². The molecule has 2 aromatic rings. The summed E-state index contributed by atoms with van der Waals surface area (Å²) in [5.74, 6) is -5.17. The molecule has 0 bridgehead atoms. The molecule has 1 heterocycles. The summed E-state index contributed by atoms with van der Waals surface area (Å²) in [5.41, 5.74) is -0.911. The standard InChI is InChI=1S/C9H4F3NO2/c10-4-1-5(11)7(12)8-6(4)3(2-13-8)9(14)15/h1-2,13H,(H,14,15). The van der Waals surface area contributed by atoms with Crippen LogP contribution in [0.4, 0.5) is 13.2 Å². The molecule has 15 heavy (non-hydrogen) atoms. The number of carboxylic acid groups (broad SMARTS) is 1. The van der Waals surface area contributed by atoms with Crippen LogP contribution in [0.5, 0.6) is 0 Å². The van der Waals surface area contributed by atoms with E-state index in [2.05, 4.69) is 4.98 Å². The molecule has 2 N–H and O–H groups in total. The largest absolute Gasteiger partial charge is 0.478 e. The fourth-order valence-corrected chi connectivity index (χ4v) is 1.38. The average molecular weight is 215 g/mol. The van der Waals surface area contributed by atoms with E-state index in [4.69, 9.17) is 5.11 Å². The third-order valence-electron chi connectivity index (χ3n) is 2.03. The van der Waals surface area contributed by atoms with Crippen LogP contribution in [0.15, 0.2) is 12.3 Å². The minimum absolute atomic E-state index is 0.317. The molecule has 0 amide bonds. The number of carbonyl (C=O) groups is 1. The molecule has 0 saturated heterocycles. The molecule has 0 radical (unpaired) electrons. The van der Waals surface area contributed by atoms with Crippen LogP contribution in [0.1, 0.15) is 10.4 Å². The molecule has 1 aromatic carbocycles. The minimum atomic E-state index is -1.41. The summed E-state index contributed by atoms with van der Waals surface area (Å²) in [6.07, 6.45) is 0.915. The topological polar surface area (TPSA) is 53.1 Å². The normalized spacial score (nSPS) is 10.9. The number of fused-ring (bicyclic) bond motifs is 1. The first-order valence-electron chi connectivity index (χ1n) is 3.90. The number of hydrogen-bond acceptors (Lipinski definition) is 1. The van der Waals surface area contributed by atoms with E-state index in [9.17, 15) is 18.0 Å². The molecule has 0 atom stereocenters. The van der Waals surface area contributed by atoms with Crippen molar-refractivity contribution in [1.82, 2.24) is 4.98 Å². The zero-order valence-electron chi connectivity index (χ0n) is 7.14. The van der Waals surface area contributed by atoms with Crippen molar-refractivity contribution in [3.8, 4) is 0 Å². The molecular formula is C9H4F3NO2. The number of aromatic carboxylic acids is 1. The van der Waals surface area contributed by atoms with Gasteiger partial charge in [-0.2, -0.15) is 0 Å². The predicted octanol–water partition coefficient (Wildman–Crippen LogP) is 2.28. The van der Waals surface area contributed by atoms with Gasteiger partial charge in [0.25, 0.3) is 0 Å². The van der Waals surface area contributed by atoms with Crippen LogP contribution in [0.25, 0.3) is 10.9 Å². The number of nitrogens with one attached hydrogen (secondary N) is 1. The molecule has 0 unspecified atom stereocenters. The van der Waals surface area contributed by atoms with Crippen molar-refractivity contribution in [2.24, 2.45) is 0 Å². The van der Waals surface area contributed by atoms with Crippen LogP contribution in [0.2, 0.25) is 0 Å². The third-order valence-corrected chi connectivity index (χ3v) is 2.03. The summed E-state index contributed by atoms with van der Waals surface area (Å²) in [7, 11) is 0. The molecule has 0 aliphatic heterocycles. The van der Waals surface area contributed by atoms with Gasteiger partial charge in [-0.3, -0.25) is 0 Å². The van der Waals surface area contributed by atoms with Gasteiger partial charge in [-0.05, 0) is 0 Å².